The molecule has 214 valence electrons. The highest BCUT2D eigenvalue weighted by atomic mass is 35.5. The molecule has 1 saturated heterocycles. The number of carbonyl (C=O) groups excluding carboxylic acids is 2. The van der Waals surface area contributed by atoms with Crippen LogP contribution in [0, 0.1) is 5.82 Å². The SMILES string of the molecule is COC(=O)C1(n2cc(-c3cccc(Cl)c3Cl)nn2)CCN(C(=O)c2cnn(-c3ccc(F)cc3)c2-n2cccc2)CC1. The molecule has 0 N–H and O–H groups in total. The third kappa shape index (κ3) is 4.74. The Morgan fingerprint density at radius 3 is 2.40 bits per heavy atom. The number of piperidine rings is 1. The number of amides is 1. The molecule has 0 atom stereocenters. The zero-order valence-electron chi connectivity index (χ0n) is 22.3. The lowest BCUT2D eigenvalue weighted by molar-refractivity contribution is -0.154. The van der Waals surface area contributed by atoms with Gasteiger partial charge in [0.05, 0.1) is 35.2 Å². The predicted octanol–water partition coefficient (Wildman–Crippen LogP) is 5.17. The van der Waals surface area contributed by atoms with Crippen molar-refractivity contribution in [3.05, 3.63) is 101 Å². The largest absolute Gasteiger partial charge is 0.467 e. The van der Waals surface area contributed by atoms with Gasteiger partial charge in [0, 0.05) is 43.9 Å². The van der Waals surface area contributed by atoms with Crippen molar-refractivity contribution < 1.29 is 18.7 Å². The second kappa shape index (κ2) is 11.1. The fourth-order valence-corrected chi connectivity index (χ4v) is 5.65. The maximum absolute atomic E-state index is 13.9. The van der Waals surface area contributed by atoms with E-state index in [2.05, 4.69) is 15.4 Å². The minimum absolute atomic E-state index is 0.239. The van der Waals surface area contributed by atoms with Gasteiger partial charge >= 0.3 is 5.97 Å². The summed E-state index contributed by atoms with van der Waals surface area (Å²) >= 11 is 12.6. The summed E-state index contributed by atoms with van der Waals surface area (Å²) in [4.78, 5) is 28.7. The summed E-state index contributed by atoms with van der Waals surface area (Å²) in [6.45, 7) is 0.488. The minimum atomic E-state index is -1.18. The van der Waals surface area contributed by atoms with E-state index in [1.54, 1.807) is 63.1 Å². The van der Waals surface area contributed by atoms with Crippen LogP contribution in [0.3, 0.4) is 0 Å². The normalized spacial score (nSPS) is 14.6. The van der Waals surface area contributed by atoms with Crippen LogP contribution in [0.4, 0.5) is 4.39 Å². The molecule has 5 aromatic rings. The number of nitrogens with zero attached hydrogens (tertiary/aromatic N) is 7. The van der Waals surface area contributed by atoms with E-state index >= 15 is 0 Å². The second-order valence-corrected chi connectivity index (χ2v) is 10.6. The van der Waals surface area contributed by atoms with Crippen LogP contribution in [0.15, 0.2) is 79.4 Å². The van der Waals surface area contributed by atoms with Crippen LogP contribution in [0.5, 0.6) is 0 Å². The van der Waals surface area contributed by atoms with E-state index in [9.17, 15) is 14.0 Å². The topological polar surface area (TPSA) is 100 Å². The van der Waals surface area contributed by atoms with Gasteiger partial charge in [-0.3, -0.25) is 4.79 Å². The molecule has 3 aromatic heterocycles. The number of methoxy groups -OCH3 is 1. The molecule has 1 amide bonds. The van der Waals surface area contributed by atoms with Crippen LogP contribution in [0.25, 0.3) is 22.8 Å². The van der Waals surface area contributed by atoms with Gasteiger partial charge in [-0.2, -0.15) is 5.10 Å². The van der Waals surface area contributed by atoms with E-state index in [-0.39, 0.29) is 37.7 Å². The van der Waals surface area contributed by atoms with Crippen molar-refractivity contribution in [2.24, 2.45) is 0 Å². The highest BCUT2D eigenvalue weighted by Crippen LogP contribution is 2.36. The number of benzene rings is 2. The summed E-state index contributed by atoms with van der Waals surface area (Å²) in [5, 5.41) is 13.7. The first-order valence-electron chi connectivity index (χ1n) is 13.0. The Morgan fingerprint density at radius 2 is 1.71 bits per heavy atom. The first-order chi connectivity index (χ1) is 20.3. The number of likely N-dealkylation sites (tertiary alicyclic amines) is 1. The molecular weight excluding hydrogens is 584 g/mol. The van der Waals surface area contributed by atoms with Crippen molar-refractivity contribution in [3.63, 3.8) is 0 Å². The van der Waals surface area contributed by atoms with Crippen LogP contribution in [-0.4, -0.2) is 66.3 Å². The van der Waals surface area contributed by atoms with E-state index in [0.717, 1.165) is 0 Å². The average Bonchev–Trinajstić information content (AvgIpc) is 3.79. The van der Waals surface area contributed by atoms with Crippen molar-refractivity contribution in [1.82, 2.24) is 34.2 Å². The average molecular weight is 608 g/mol. The van der Waals surface area contributed by atoms with Gasteiger partial charge in [0.2, 0.25) is 0 Å². The number of hydrogen-bond acceptors (Lipinski definition) is 6. The maximum atomic E-state index is 13.9. The zero-order chi connectivity index (χ0) is 29.4. The van der Waals surface area contributed by atoms with Crippen molar-refractivity contribution >= 4 is 35.1 Å². The fourth-order valence-electron chi connectivity index (χ4n) is 5.25. The quantitative estimate of drug-likeness (QED) is 0.247. The molecule has 1 aliphatic rings. The molecule has 6 rings (SSSR count). The van der Waals surface area contributed by atoms with Gasteiger partial charge in [0.25, 0.3) is 5.91 Å². The maximum Gasteiger partial charge on any atom is 0.334 e. The lowest BCUT2D eigenvalue weighted by Crippen LogP contribution is -2.53. The van der Waals surface area contributed by atoms with Crippen LogP contribution in [0.2, 0.25) is 10.0 Å². The molecule has 1 fully saturated rings. The third-order valence-corrected chi connectivity index (χ3v) is 8.32. The summed E-state index contributed by atoms with van der Waals surface area (Å²) in [7, 11) is 1.32. The number of halogens is 3. The van der Waals surface area contributed by atoms with E-state index < -0.39 is 11.5 Å². The molecule has 0 unspecified atom stereocenters. The predicted molar refractivity (Wildman–Crippen MR) is 153 cm³/mol. The van der Waals surface area contributed by atoms with Crippen LogP contribution in [0.1, 0.15) is 23.2 Å². The van der Waals surface area contributed by atoms with Crippen LogP contribution >= 0.6 is 23.2 Å². The number of esters is 1. The van der Waals surface area contributed by atoms with Crippen LogP contribution < -0.4 is 0 Å². The number of rotatable bonds is 6. The van der Waals surface area contributed by atoms with Gasteiger partial charge in [-0.15, -0.1) is 5.10 Å². The van der Waals surface area contributed by atoms with Crippen molar-refractivity contribution in [2.75, 3.05) is 20.2 Å². The Bertz CT molecular complexity index is 1760. The molecule has 4 heterocycles. The van der Waals surface area contributed by atoms with Gasteiger partial charge in [0.1, 0.15) is 17.1 Å². The standard InChI is InChI=1S/C29H24Cl2FN7O3/c1-42-28(41)29(38-18-24(34-35-38)21-5-4-6-23(30)25(21)31)11-15-37(16-12-29)27(40)22-17-33-39(20-9-7-19(32)8-10-20)26(22)36-13-2-3-14-36/h2-10,13-14,17-18H,11-12,15-16H2,1H3. The van der Waals surface area contributed by atoms with Crippen molar-refractivity contribution in [3.8, 4) is 22.8 Å². The van der Waals surface area contributed by atoms with E-state index in [1.165, 1.54) is 30.1 Å². The summed E-state index contributed by atoms with van der Waals surface area (Å²) < 4.78 is 23.6. The summed E-state index contributed by atoms with van der Waals surface area (Å²) in [6.07, 6.45) is 7.23. The van der Waals surface area contributed by atoms with E-state index in [1.807, 2.05) is 12.1 Å². The minimum Gasteiger partial charge on any atom is -0.467 e. The first-order valence-corrected chi connectivity index (χ1v) is 13.8. The molecule has 42 heavy (non-hydrogen) atoms. The van der Waals surface area contributed by atoms with Gasteiger partial charge < -0.3 is 14.2 Å². The lowest BCUT2D eigenvalue weighted by Gasteiger charge is -2.39. The molecule has 10 nitrogen and oxygen atoms in total. The second-order valence-electron chi connectivity index (χ2n) is 9.83. The molecular formula is C29H24Cl2FN7O3. The number of aromatic nitrogens is 6. The molecule has 0 bridgehead atoms. The molecule has 2 aromatic carbocycles. The molecule has 0 spiro atoms. The van der Waals surface area contributed by atoms with Crippen LogP contribution in [-0.2, 0) is 15.1 Å². The lowest BCUT2D eigenvalue weighted by atomic mass is 9.87. The van der Waals surface area contributed by atoms with Gasteiger partial charge in [-0.05, 0) is 42.5 Å². The van der Waals surface area contributed by atoms with Crippen molar-refractivity contribution in [1.29, 1.82) is 0 Å². The fraction of sp³-hybridized carbons (Fsp3) is 0.207. The molecule has 1 aliphatic heterocycles. The number of ether oxygens (including phenoxy) is 1. The summed E-state index contributed by atoms with van der Waals surface area (Å²) in [5.74, 6) is -0.598. The Kier molecular flexibility index (Phi) is 7.29. The molecule has 13 heteroatoms. The zero-order valence-corrected chi connectivity index (χ0v) is 23.8. The smallest absolute Gasteiger partial charge is 0.334 e. The first kappa shape index (κ1) is 27.7. The van der Waals surface area contributed by atoms with E-state index in [0.29, 0.717) is 38.4 Å². The number of carbonyl (C=O) groups is 2. The monoisotopic (exact) mass is 607 g/mol. The Balaban J connectivity index is 1.29. The Hall–Kier alpha value is -4.48. The van der Waals surface area contributed by atoms with E-state index in [4.69, 9.17) is 27.9 Å². The van der Waals surface area contributed by atoms with Gasteiger partial charge in [0.15, 0.2) is 11.4 Å². The molecule has 0 aliphatic carbocycles. The molecule has 0 saturated carbocycles. The Morgan fingerprint density at radius 1 is 1.00 bits per heavy atom. The van der Waals surface area contributed by atoms with Gasteiger partial charge in [-0.1, -0.05) is 40.5 Å². The summed E-state index contributed by atoms with van der Waals surface area (Å²) in [6, 6.07) is 14.7. The van der Waals surface area contributed by atoms with Crippen molar-refractivity contribution in [2.45, 2.75) is 18.4 Å². The highest BCUT2D eigenvalue weighted by molar-refractivity contribution is 6.43. The summed E-state index contributed by atoms with van der Waals surface area (Å²) in [5.41, 5.74) is 0.820. The Labute approximate surface area is 249 Å². The third-order valence-electron chi connectivity index (χ3n) is 7.50. The molecule has 0 radical (unpaired) electrons. The number of hydrogen-bond donors (Lipinski definition) is 0. The highest BCUT2D eigenvalue weighted by Gasteiger charge is 2.46. The van der Waals surface area contributed by atoms with Gasteiger partial charge in [-0.25, -0.2) is 18.5 Å².